The number of hydrogen-bond acceptors (Lipinski definition) is 6. The third-order valence-electron chi connectivity index (χ3n) is 2.37. The van der Waals surface area contributed by atoms with E-state index in [0.717, 1.165) is 6.07 Å². The molecule has 0 amide bonds. The Bertz CT molecular complexity index is 699. The van der Waals surface area contributed by atoms with Crippen LogP contribution in [-0.4, -0.2) is 20.4 Å². The van der Waals surface area contributed by atoms with Crippen LogP contribution >= 0.6 is 0 Å². The summed E-state index contributed by atoms with van der Waals surface area (Å²) >= 11 is 0. The largest absolute Gasteiger partial charge is 0.504 e. The van der Waals surface area contributed by atoms with E-state index in [1.807, 2.05) is 0 Å². The third kappa shape index (κ3) is 2.68. The highest BCUT2D eigenvalue weighted by molar-refractivity contribution is 5.69. The Hall–Kier alpha value is -2.89. The Labute approximate surface area is 107 Å². The molecule has 0 aliphatic heterocycles. The van der Waals surface area contributed by atoms with E-state index in [2.05, 4.69) is 0 Å². The molecule has 0 saturated heterocycles. The van der Waals surface area contributed by atoms with E-state index in [1.165, 1.54) is 30.4 Å². The minimum absolute atomic E-state index is 0.0351. The first kappa shape index (κ1) is 12.6. The maximum Gasteiger partial charge on any atom is 0.382 e. The van der Waals surface area contributed by atoms with Crippen molar-refractivity contribution in [3.63, 3.8) is 0 Å². The van der Waals surface area contributed by atoms with E-state index in [1.54, 1.807) is 0 Å². The van der Waals surface area contributed by atoms with Gasteiger partial charge in [0.15, 0.2) is 17.2 Å². The van der Waals surface area contributed by atoms with E-state index in [-0.39, 0.29) is 17.3 Å². The number of hydrogen-bond donors (Lipinski definition) is 4. The molecule has 0 aliphatic carbocycles. The van der Waals surface area contributed by atoms with Crippen molar-refractivity contribution >= 4 is 12.2 Å². The SMILES string of the molecule is O=c1oc(C=Cc2ccc(O)c(O)c2)cc(O)c1O. The molecule has 0 aliphatic rings. The molecule has 1 aromatic carbocycles. The molecule has 4 N–H and O–H groups in total. The van der Waals surface area contributed by atoms with Gasteiger partial charge >= 0.3 is 5.63 Å². The first-order valence-electron chi connectivity index (χ1n) is 5.23. The predicted octanol–water partition coefficient (Wildman–Crippen LogP) is 1.63. The number of phenols is 2. The highest BCUT2D eigenvalue weighted by Crippen LogP contribution is 2.26. The van der Waals surface area contributed by atoms with E-state index in [9.17, 15) is 15.0 Å². The van der Waals surface area contributed by atoms with Crippen LogP contribution in [0.25, 0.3) is 12.2 Å². The quantitative estimate of drug-likeness (QED) is 0.612. The van der Waals surface area contributed by atoms with Crippen molar-refractivity contribution in [2.24, 2.45) is 0 Å². The van der Waals surface area contributed by atoms with E-state index < -0.39 is 17.1 Å². The number of aromatic hydroxyl groups is 4. The average Bonchev–Trinajstić information content (AvgIpc) is 2.37. The maximum absolute atomic E-state index is 11.1. The van der Waals surface area contributed by atoms with Crippen LogP contribution < -0.4 is 5.63 Å². The van der Waals surface area contributed by atoms with E-state index in [4.69, 9.17) is 14.6 Å². The fourth-order valence-electron chi connectivity index (χ4n) is 1.40. The molecular formula is C13H10O6. The molecule has 6 nitrogen and oxygen atoms in total. The summed E-state index contributed by atoms with van der Waals surface area (Å²) < 4.78 is 4.70. The lowest BCUT2D eigenvalue weighted by atomic mass is 10.2. The Morgan fingerprint density at radius 1 is 0.895 bits per heavy atom. The summed E-state index contributed by atoms with van der Waals surface area (Å²) in [7, 11) is 0. The Morgan fingerprint density at radius 3 is 2.26 bits per heavy atom. The Kier molecular flexibility index (Phi) is 3.15. The zero-order chi connectivity index (χ0) is 14.0. The van der Waals surface area contributed by atoms with Crippen LogP contribution in [0.2, 0.25) is 0 Å². The summed E-state index contributed by atoms with van der Waals surface area (Å²) in [6.07, 6.45) is 2.86. The molecule has 0 radical (unpaired) electrons. The first-order chi connectivity index (χ1) is 8.97. The summed E-state index contributed by atoms with van der Waals surface area (Å²) in [5.41, 5.74) is -0.501. The van der Waals surface area contributed by atoms with Crippen LogP contribution in [0.15, 0.2) is 33.5 Å². The highest BCUT2D eigenvalue weighted by Gasteiger charge is 2.07. The van der Waals surface area contributed by atoms with Gasteiger partial charge in [0.2, 0.25) is 5.75 Å². The van der Waals surface area contributed by atoms with Crippen LogP contribution in [0.5, 0.6) is 23.0 Å². The van der Waals surface area contributed by atoms with Crippen molar-refractivity contribution in [1.82, 2.24) is 0 Å². The van der Waals surface area contributed by atoms with Crippen molar-refractivity contribution in [2.75, 3.05) is 0 Å². The van der Waals surface area contributed by atoms with Crippen molar-refractivity contribution in [1.29, 1.82) is 0 Å². The molecule has 2 aromatic rings. The second kappa shape index (κ2) is 4.77. The van der Waals surface area contributed by atoms with Crippen LogP contribution in [0.4, 0.5) is 0 Å². The fourth-order valence-corrected chi connectivity index (χ4v) is 1.40. The molecule has 98 valence electrons. The molecule has 19 heavy (non-hydrogen) atoms. The van der Waals surface area contributed by atoms with Crippen LogP contribution in [-0.2, 0) is 0 Å². The second-order valence-electron chi connectivity index (χ2n) is 3.75. The lowest BCUT2D eigenvalue weighted by Gasteiger charge is -1.99. The van der Waals surface area contributed by atoms with Gasteiger partial charge in [-0.15, -0.1) is 0 Å². The molecule has 0 atom stereocenters. The Morgan fingerprint density at radius 2 is 1.63 bits per heavy atom. The van der Waals surface area contributed by atoms with Crippen molar-refractivity contribution in [3.8, 4) is 23.0 Å². The van der Waals surface area contributed by atoms with E-state index in [0.29, 0.717) is 5.56 Å². The molecular weight excluding hydrogens is 252 g/mol. The van der Waals surface area contributed by atoms with Gasteiger partial charge in [0.25, 0.3) is 0 Å². The average molecular weight is 262 g/mol. The van der Waals surface area contributed by atoms with Crippen LogP contribution in [0.1, 0.15) is 11.3 Å². The summed E-state index contributed by atoms with van der Waals surface area (Å²) in [5.74, 6) is -1.92. The minimum Gasteiger partial charge on any atom is -0.504 e. The third-order valence-corrected chi connectivity index (χ3v) is 2.37. The molecule has 0 spiro atoms. The Balaban J connectivity index is 2.32. The van der Waals surface area contributed by atoms with E-state index >= 15 is 0 Å². The normalized spacial score (nSPS) is 10.9. The summed E-state index contributed by atoms with van der Waals surface area (Å²) in [6.45, 7) is 0. The van der Waals surface area contributed by atoms with Gasteiger partial charge in [-0.25, -0.2) is 4.79 Å². The van der Waals surface area contributed by atoms with Crippen molar-refractivity contribution in [2.45, 2.75) is 0 Å². The molecule has 0 bridgehead atoms. The zero-order valence-corrected chi connectivity index (χ0v) is 9.57. The van der Waals surface area contributed by atoms with Gasteiger partial charge in [-0.2, -0.15) is 0 Å². The van der Waals surface area contributed by atoms with Crippen LogP contribution in [0.3, 0.4) is 0 Å². The summed E-state index contributed by atoms with van der Waals surface area (Å²) in [5, 5.41) is 36.7. The maximum atomic E-state index is 11.1. The number of benzene rings is 1. The lowest BCUT2D eigenvalue weighted by Crippen LogP contribution is -1.98. The lowest BCUT2D eigenvalue weighted by molar-refractivity contribution is 0.362. The van der Waals surface area contributed by atoms with Gasteiger partial charge in [0.1, 0.15) is 5.76 Å². The predicted molar refractivity (Wildman–Crippen MR) is 67.0 cm³/mol. The van der Waals surface area contributed by atoms with Crippen molar-refractivity contribution in [3.05, 3.63) is 46.0 Å². The van der Waals surface area contributed by atoms with Gasteiger partial charge in [0.05, 0.1) is 0 Å². The van der Waals surface area contributed by atoms with Gasteiger partial charge in [-0.3, -0.25) is 0 Å². The molecule has 0 unspecified atom stereocenters. The summed E-state index contributed by atoms with van der Waals surface area (Å²) in [6, 6.07) is 5.22. The molecule has 1 heterocycles. The topological polar surface area (TPSA) is 111 Å². The summed E-state index contributed by atoms with van der Waals surface area (Å²) in [4.78, 5) is 11.1. The highest BCUT2D eigenvalue weighted by atomic mass is 16.4. The molecule has 0 fully saturated rings. The van der Waals surface area contributed by atoms with Gasteiger partial charge in [-0.1, -0.05) is 12.1 Å². The number of rotatable bonds is 2. The fraction of sp³-hybridized carbons (Fsp3) is 0. The second-order valence-corrected chi connectivity index (χ2v) is 3.75. The van der Waals surface area contributed by atoms with Crippen molar-refractivity contribution < 1.29 is 24.8 Å². The molecule has 1 aromatic heterocycles. The first-order valence-corrected chi connectivity index (χ1v) is 5.23. The monoisotopic (exact) mass is 262 g/mol. The zero-order valence-electron chi connectivity index (χ0n) is 9.57. The minimum atomic E-state index is -1.05. The standard InChI is InChI=1S/C13H10O6/c14-9-4-2-7(5-10(9)15)1-3-8-6-11(16)12(17)13(18)19-8/h1-6,14-17H. The molecule has 6 heteroatoms. The molecule has 0 saturated carbocycles. The number of phenolic OH excluding ortho intramolecular Hbond substituents is 2. The smallest absolute Gasteiger partial charge is 0.382 e. The molecule has 2 rings (SSSR count). The van der Waals surface area contributed by atoms with Gasteiger partial charge in [0, 0.05) is 6.07 Å². The van der Waals surface area contributed by atoms with Gasteiger partial charge < -0.3 is 24.8 Å². The van der Waals surface area contributed by atoms with Gasteiger partial charge in [-0.05, 0) is 23.8 Å². The van der Waals surface area contributed by atoms with Crippen LogP contribution in [0, 0.1) is 0 Å².